The molecule has 1 saturated carbocycles. The Morgan fingerprint density at radius 2 is 2.07 bits per heavy atom. The van der Waals surface area contributed by atoms with Gasteiger partial charge in [-0.3, -0.25) is 4.79 Å². The van der Waals surface area contributed by atoms with E-state index in [-0.39, 0.29) is 0 Å². The van der Waals surface area contributed by atoms with E-state index in [0.29, 0.717) is 10.7 Å². The minimum atomic E-state index is 0.373. The van der Waals surface area contributed by atoms with Crippen LogP contribution in [0.3, 0.4) is 0 Å². The van der Waals surface area contributed by atoms with Crippen molar-refractivity contribution in [2.24, 2.45) is 11.8 Å². The van der Waals surface area contributed by atoms with Gasteiger partial charge in [0.15, 0.2) is 0 Å². The molecule has 1 heterocycles. The number of nitrogens with zero attached hydrogens (tertiary/aromatic N) is 1. The van der Waals surface area contributed by atoms with Gasteiger partial charge in [0.2, 0.25) is 5.91 Å². The van der Waals surface area contributed by atoms with Gasteiger partial charge in [0.05, 0.1) is 0 Å². The summed E-state index contributed by atoms with van der Waals surface area (Å²) in [7, 11) is 0. The molecule has 15 heavy (non-hydrogen) atoms. The van der Waals surface area contributed by atoms with Gasteiger partial charge in [-0.15, -0.1) is 0 Å². The monoisotopic (exact) mass is 273 g/mol. The Labute approximate surface area is 101 Å². The van der Waals surface area contributed by atoms with Gasteiger partial charge >= 0.3 is 0 Å². The maximum absolute atomic E-state index is 11.8. The van der Waals surface area contributed by atoms with Crippen molar-refractivity contribution in [1.82, 2.24) is 4.90 Å². The van der Waals surface area contributed by atoms with Crippen LogP contribution in [0.25, 0.3) is 0 Å². The highest BCUT2D eigenvalue weighted by Gasteiger charge is 2.38. The van der Waals surface area contributed by atoms with Crippen molar-refractivity contribution in [3.63, 3.8) is 0 Å². The van der Waals surface area contributed by atoms with Crippen LogP contribution in [0.4, 0.5) is 0 Å². The van der Waals surface area contributed by atoms with Crippen LogP contribution in [0.1, 0.15) is 39.0 Å². The van der Waals surface area contributed by atoms with Crippen molar-refractivity contribution in [2.45, 2.75) is 43.9 Å². The van der Waals surface area contributed by atoms with Crippen LogP contribution in [-0.4, -0.2) is 28.7 Å². The Morgan fingerprint density at radius 3 is 2.80 bits per heavy atom. The fourth-order valence-electron chi connectivity index (χ4n) is 2.95. The highest BCUT2D eigenvalue weighted by Crippen LogP contribution is 2.38. The maximum Gasteiger partial charge on any atom is 0.222 e. The molecule has 2 aliphatic rings. The quantitative estimate of drug-likeness (QED) is 0.709. The van der Waals surface area contributed by atoms with Gasteiger partial charge in [0.25, 0.3) is 0 Å². The van der Waals surface area contributed by atoms with Crippen LogP contribution < -0.4 is 0 Å². The molecule has 0 aromatic rings. The van der Waals surface area contributed by atoms with E-state index in [1.54, 1.807) is 0 Å². The molecule has 1 saturated heterocycles. The minimum absolute atomic E-state index is 0.373. The summed E-state index contributed by atoms with van der Waals surface area (Å²) >= 11 is 3.71. The molecule has 0 N–H and O–H groups in total. The molecular formula is C12H20BrNO. The number of carbonyl (C=O) groups excluding carboxylic acids is 1. The highest BCUT2D eigenvalue weighted by molar-refractivity contribution is 9.09. The first-order chi connectivity index (χ1) is 7.20. The summed E-state index contributed by atoms with van der Waals surface area (Å²) in [5.74, 6) is 1.93. The minimum Gasteiger partial charge on any atom is -0.342 e. The predicted octanol–water partition coefficient (Wildman–Crippen LogP) is 2.81. The van der Waals surface area contributed by atoms with Crippen LogP contribution in [0.2, 0.25) is 0 Å². The standard InChI is InChI=1S/C12H20BrNO/c1-2-3-12(15)14-7-9-4-5-11(13)6-10(9)8-14/h9-11H,2-8H2,1H3. The van der Waals surface area contributed by atoms with E-state index < -0.39 is 0 Å². The smallest absolute Gasteiger partial charge is 0.222 e. The first kappa shape index (κ1) is 11.4. The third-order valence-corrected chi connectivity index (χ3v) is 4.63. The summed E-state index contributed by atoms with van der Waals surface area (Å²) in [5.41, 5.74) is 0. The molecule has 0 aromatic carbocycles. The van der Waals surface area contributed by atoms with Gasteiger partial charge in [-0.25, -0.2) is 0 Å². The largest absolute Gasteiger partial charge is 0.342 e. The summed E-state index contributed by atoms with van der Waals surface area (Å²) in [6.45, 7) is 4.13. The maximum atomic E-state index is 11.8. The van der Waals surface area contributed by atoms with Crippen molar-refractivity contribution < 1.29 is 4.79 Å². The summed E-state index contributed by atoms with van der Waals surface area (Å²) in [4.78, 5) is 14.6. The van der Waals surface area contributed by atoms with Crippen molar-refractivity contribution in [3.8, 4) is 0 Å². The van der Waals surface area contributed by atoms with Crippen LogP contribution in [0, 0.1) is 11.8 Å². The molecule has 0 aromatic heterocycles. The van der Waals surface area contributed by atoms with Crippen LogP contribution in [0.15, 0.2) is 0 Å². The van der Waals surface area contributed by atoms with Crippen LogP contribution in [-0.2, 0) is 4.79 Å². The molecule has 86 valence electrons. The number of amides is 1. The Balaban J connectivity index is 1.90. The molecule has 2 fully saturated rings. The fourth-order valence-corrected chi connectivity index (χ4v) is 3.69. The van der Waals surface area contributed by atoms with Gasteiger partial charge in [0.1, 0.15) is 0 Å². The molecule has 0 bridgehead atoms. The number of alkyl halides is 1. The van der Waals surface area contributed by atoms with E-state index in [0.717, 1.165) is 37.8 Å². The number of carbonyl (C=O) groups is 1. The van der Waals surface area contributed by atoms with Crippen LogP contribution in [0.5, 0.6) is 0 Å². The average Bonchev–Trinajstić information content (AvgIpc) is 2.60. The lowest BCUT2D eigenvalue weighted by Crippen LogP contribution is -2.28. The first-order valence-electron chi connectivity index (χ1n) is 6.12. The number of fused-ring (bicyclic) bond motifs is 1. The van der Waals surface area contributed by atoms with E-state index in [9.17, 15) is 4.79 Å². The van der Waals surface area contributed by atoms with E-state index in [1.807, 2.05) is 0 Å². The molecule has 3 atom stereocenters. The first-order valence-corrected chi connectivity index (χ1v) is 7.04. The van der Waals surface area contributed by atoms with Gasteiger partial charge in [-0.05, 0) is 37.5 Å². The molecule has 3 unspecified atom stereocenters. The lowest BCUT2D eigenvalue weighted by Gasteiger charge is -2.27. The number of likely N-dealkylation sites (tertiary alicyclic amines) is 1. The highest BCUT2D eigenvalue weighted by atomic mass is 79.9. The normalized spacial score (nSPS) is 35.3. The lowest BCUT2D eigenvalue weighted by atomic mass is 9.82. The topological polar surface area (TPSA) is 20.3 Å². The van der Waals surface area contributed by atoms with Gasteiger partial charge < -0.3 is 4.90 Å². The Hall–Kier alpha value is -0.0500. The second kappa shape index (κ2) is 4.86. The van der Waals surface area contributed by atoms with Gasteiger partial charge in [-0.1, -0.05) is 22.9 Å². The van der Waals surface area contributed by atoms with Crippen molar-refractivity contribution in [2.75, 3.05) is 13.1 Å². The SMILES string of the molecule is CCCC(=O)N1CC2CCC(Br)CC2C1. The second-order valence-electron chi connectivity index (χ2n) is 4.98. The van der Waals surface area contributed by atoms with Gasteiger partial charge in [0, 0.05) is 24.3 Å². The summed E-state index contributed by atoms with van der Waals surface area (Å²) in [6.07, 6.45) is 5.57. The molecule has 0 spiro atoms. The third-order valence-electron chi connectivity index (χ3n) is 3.80. The predicted molar refractivity (Wildman–Crippen MR) is 65.0 cm³/mol. The van der Waals surface area contributed by atoms with Crippen LogP contribution >= 0.6 is 15.9 Å². The molecule has 0 radical (unpaired) electrons. The average molecular weight is 274 g/mol. The summed E-state index contributed by atoms with van der Waals surface area (Å²) in [6, 6.07) is 0. The van der Waals surface area contributed by atoms with Crippen molar-refractivity contribution in [1.29, 1.82) is 0 Å². The van der Waals surface area contributed by atoms with Gasteiger partial charge in [-0.2, -0.15) is 0 Å². The third kappa shape index (κ3) is 2.55. The fraction of sp³-hybridized carbons (Fsp3) is 0.917. The molecule has 1 aliphatic heterocycles. The van der Waals surface area contributed by atoms with E-state index in [4.69, 9.17) is 0 Å². The Bertz CT molecular complexity index is 244. The second-order valence-corrected chi connectivity index (χ2v) is 6.27. The number of hydrogen-bond donors (Lipinski definition) is 0. The lowest BCUT2D eigenvalue weighted by molar-refractivity contribution is -0.130. The molecule has 1 aliphatic carbocycles. The molecule has 2 nitrogen and oxygen atoms in total. The number of hydrogen-bond acceptors (Lipinski definition) is 1. The molecule has 2 rings (SSSR count). The Morgan fingerprint density at radius 1 is 1.33 bits per heavy atom. The zero-order chi connectivity index (χ0) is 10.8. The number of rotatable bonds is 2. The number of halogens is 1. The Kier molecular flexibility index (Phi) is 3.70. The zero-order valence-electron chi connectivity index (χ0n) is 9.42. The molecular weight excluding hydrogens is 254 g/mol. The molecule has 3 heteroatoms. The van der Waals surface area contributed by atoms with Crippen molar-refractivity contribution >= 4 is 21.8 Å². The summed E-state index contributed by atoms with van der Waals surface area (Å²) in [5, 5.41) is 0. The van der Waals surface area contributed by atoms with E-state index in [1.165, 1.54) is 19.3 Å². The zero-order valence-corrected chi connectivity index (χ0v) is 11.0. The van der Waals surface area contributed by atoms with E-state index in [2.05, 4.69) is 27.8 Å². The van der Waals surface area contributed by atoms with Crippen molar-refractivity contribution in [3.05, 3.63) is 0 Å². The molecule has 1 amide bonds. The summed E-state index contributed by atoms with van der Waals surface area (Å²) < 4.78 is 0. The van der Waals surface area contributed by atoms with E-state index >= 15 is 0 Å².